The van der Waals surface area contributed by atoms with Gasteiger partial charge in [0.1, 0.15) is 6.54 Å². The van der Waals surface area contributed by atoms with Gasteiger partial charge in [0.25, 0.3) is 5.56 Å². The van der Waals surface area contributed by atoms with E-state index >= 15 is 0 Å². The first kappa shape index (κ1) is 20.3. The Labute approximate surface area is 159 Å². The Morgan fingerprint density at radius 2 is 2.00 bits per heavy atom. The molecule has 1 aromatic carbocycles. The summed E-state index contributed by atoms with van der Waals surface area (Å²) in [7, 11) is 0. The Morgan fingerprint density at radius 3 is 2.57 bits per heavy atom. The molecule has 9 heteroatoms. The Morgan fingerprint density at radius 1 is 1.36 bits per heavy atom. The van der Waals surface area contributed by atoms with E-state index < -0.39 is 48.7 Å². The average molecular weight is 397 g/mol. The molecule has 3 rings (SSSR count). The van der Waals surface area contributed by atoms with E-state index in [1.165, 1.54) is 0 Å². The lowest BCUT2D eigenvalue weighted by molar-refractivity contribution is -0.291. The fourth-order valence-corrected chi connectivity index (χ4v) is 3.46. The summed E-state index contributed by atoms with van der Waals surface area (Å²) in [6.45, 7) is 5.35. The number of fused-ring (bicyclic) bond motifs is 1. The number of rotatable bonds is 4. The molecule has 152 valence electrons. The second-order valence-electron chi connectivity index (χ2n) is 7.75. The highest BCUT2D eigenvalue weighted by atomic mass is 19.4. The highest BCUT2D eigenvalue weighted by Gasteiger charge is 2.61. The van der Waals surface area contributed by atoms with Crippen molar-refractivity contribution in [2.45, 2.75) is 63.9 Å². The van der Waals surface area contributed by atoms with Crippen LogP contribution in [0, 0.1) is 6.92 Å². The summed E-state index contributed by atoms with van der Waals surface area (Å²) >= 11 is 0. The van der Waals surface area contributed by atoms with Crippen LogP contribution in [0.5, 0.6) is 0 Å². The van der Waals surface area contributed by atoms with Crippen LogP contribution in [0.4, 0.5) is 13.2 Å². The Hall–Kier alpha value is -2.42. The number of halogens is 3. The summed E-state index contributed by atoms with van der Waals surface area (Å²) in [6.07, 6.45) is -5.92. The molecule has 0 aliphatic heterocycles. The van der Waals surface area contributed by atoms with E-state index in [4.69, 9.17) is 0 Å². The van der Waals surface area contributed by atoms with Crippen molar-refractivity contribution in [3.8, 4) is 0 Å². The second kappa shape index (κ2) is 6.88. The SMILES string of the molecule is Cc1ccc2c(=O)n(CC(=O)NC3CC(O)(C(F)(F)F)C3)nc(C(C)C)c2c1. The van der Waals surface area contributed by atoms with Gasteiger partial charge in [-0.1, -0.05) is 25.5 Å². The smallest absolute Gasteiger partial charge is 0.380 e. The topological polar surface area (TPSA) is 84.2 Å². The number of aromatic nitrogens is 2. The minimum atomic E-state index is -4.73. The van der Waals surface area contributed by atoms with Crippen molar-refractivity contribution in [1.29, 1.82) is 0 Å². The molecular formula is C19H22F3N3O3. The molecule has 2 aromatic rings. The van der Waals surface area contributed by atoms with Gasteiger partial charge in [-0.25, -0.2) is 4.68 Å². The predicted molar refractivity (Wildman–Crippen MR) is 97.0 cm³/mol. The molecule has 1 amide bonds. The van der Waals surface area contributed by atoms with E-state index in [0.717, 1.165) is 15.6 Å². The second-order valence-corrected chi connectivity index (χ2v) is 7.75. The first-order valence-electron chi connectivity index (χ1n) is 9.01. The third kappa shape index (κ3) is 3.63. The van der Waals surface area contributed by atoms with Crippen LogP contribution in [0.3, 0.4) is 0 Å². The zero-order valence-corrected chi connectivity index (χ0v) is 15.8. The maximum absolute atomic E-state index is 12.7. The van der Waals surface area contributed by atoms with E-state index in [9.17, 15) is 27.9 Å². The number of amides is 1. The lowest BCUT2D eigenvalue weighted by Gasteiger charge is -2.44. The number of aryl methyl sites for hydroxylation is 1. The fourth-order valence-electron chi connectivity index (χ4n) is 3.46. The van der Waals surface area contributed by atoms with Crippen molar-refractivity contribution in [2.75, 3.05) is 0 Å². The van der Waals surface area contributed by atoms with Crippen LogP contribution in [0.2, 0.25) is 0 Å². The number of hydrogen-bond acceptors (Lipinski definition) is 4. The molecule has 0 atom stereocenters. The molecule has 1 aliphatic carbocycles. The first-order valence-corrected chi connectivity index (χ1v) is 9.01. The van der Waals surface area contributed by atoms with Gasteiger partial charge in [0.2, 0.25) is 5.91 Å². The number of hydrogen-bond donors (Lipinski definition) is 2. The standard InChI is InChI=1S/C19H22F3N3O3/c1-10(2)16-14-6-11(3)4-5-13(14)17(27)25(24-16)9-15(26)23-12-7-18(28,8-12)19(20,21)22/h4-6,10,12,28H,7-9H2,1-3H3,(H,23,26). The zero-order chi connectivity index (χ0) is 20.9. The number of carbonyl (C=O) groups is 1. The molecule has 1 aliphatic rings. The lowest BCUT2D eigenvalue weighted by atomic mass is 9.75. The van der Waals surface area contributed by atoms with Gasteiger partial charge < -0.3 is 10.4 Å². The van der Waals surface area contributed by atoms with Gasteiger partial charge in [0.15, 0.2) is 5.60 Å². The molecule has 2 N–H and O–H groups in total. The molecule has 0 saturated heterocycles. The quantitative estimate of drug-likeness (QED) is 0.830. The number of nitrogens with one attached hydrogen (secondary N) is 1. The van der Waals surface area contributed by atoms with E-state index in [-0.39, 0.29) is 5.92 Å². The number of carbonyl (C=O) groups excluding carboxylic acids is 1. The molecule has 0 radical (unpaired) electrons. The van der Waals surface area contributed by atoms with Gasteiger partial charge in [-0.05, 0) is 25.0 Å². The summed E-state index contributed by atoms with van der Waals surface area (Å²) in [5, 5.41) is 17.4. The monoisotopic (exact) mass is 397 g/mol. The van der Waals surface area contributed by atoms with Crippen molar-refractivity contribution < 1.29 is 23.1 Å². The van der Waals surface area contributed by atoms with Crippen LogP contribution < -0.4 is 10.9 Å². The normalized spacial score (nSPS) is 22.4. The maximum atomic E-state index is 12.7. The number of aliphatic hydroxyl groups is 1. The minimum Gasteiger partial charge on any atom is -0.380 e. The van der Waals surface area contributed by atoms with Gasteiger partial charge in [0, 0.05) is 24.3 Å². The van der Waals surface area contributed by atoms with Crippen LogP contribution in [0.15, 0.2) is 23.0 Å². The highest BCUT2D eigenvalue weighted by Crippen LogP contribution is 2.45. The van der Waals surface area contributed by atoms with Gasteiger partial charge in [-0.15, -0.1) is 0 Å². The van der Waals surface area contributed by atoms with Crippen LogP contribution >= 0.6 is 0 Å². The van der Waals surface area contributed by atoms with Crippen molar-refractivity contribution in [1.82, 2.24) is 15.1 Å². The van der Waals surface area contributed by atoms with Crippen LogP contribution in [-0.4, -0.2) is 38.6 Å². The lowest BCUT2D eigenvalue weighted by Crippen LogP contribution is -2.62. The summed E-state index contributed by atoms with van der Waals surface area (Å²) < 4.78 is 39.1. The van der Waals surface area contributed by atoms with E-state index in [1.807, 2.05) is 26.8 Å². The molecule has 6 nitrogen and oxygen atoms in total. The molecular weight excluding hydrogens is 375 g/mol. The van der Waals surface area contributed by atoms with Crippen molar-refractivity contribution in [3.05, 3.63) is 39.8 Å². The number of alkyl halides is 3. The van der Waals surface area contributed by atoms with Crippen LogP contribution in [-0.2, 0) is 11.3 Å². The van der Waals surface area contributed by atoms with Crippen molar-refractivity contribution >= 4 is 16.7 Å². The van der Waals surface area contributed by atoms with E-state index in [0.29, 0.717) is 11.1 Å². The van der Waals surface area contributed by atoms with Crippen molar-refractivity contribution in [3.63, 3.8) is 0 Å². The van der Waals surface area contributed by atoms with Gasteiger partial charge in [0.05, 0.1) is 11.1 Å². The minimum absolute atomic E-state index is 0.00707. The van der Waals surface area contributed by atoms with Crippen LogP contribution in [0.25, 0.3) is 10.8 Å². The molecule has 0 bridgehead atoms. The van der Waals surface area contributed by atoms with Crippen molar-refractivity contribution in [2.24, 2.45) is 0 Å². The molecule has 0 unspecified atom stereocenters. The van der Waals surface area contributed by atoms with Crippen LogP contribution in [0.1, 0.15) is 43.9 Å². The third-order valence-corrected chi connectivity index (χ3v) is 5.05. The highest BCUT2D eigenvalue weighted by molar-refractivity contribution is 5.85. The Bertz CT molecular complexity index is 976. The Balaban J connectivity index is 1.80. The van der Waals surface area contributed by atoms with E-state index in [2.05, 4.69) is 10.4 Å². The third-order valence-electron chi connectivity index (χ3n) is 5.05. The summed E-state index contributed by atoms with van der Waals surface area (Å²) in [4.78, 5) is 24.9. The van der Waals surface area contributed by atoms with Gasteiger partial charge in [-0.3, -0.25) is 9.59 Å². The van der Waals surface area contributed by atoms with Gasteiger partial charge >= 0.3 is 6.18 Å². The molecule has 1 fully saturated rings. The summed E-state index contributed by atoms with van der Waals surface area (Å²) in [6, 6.07) is 4.56. The number of nitrogens with zero attached hydrogens (tertiary/aromatic N) is 2. The Kier molecular flexibility index (Phi) is 4.99. The van der Waals surface area contributed by atoms with E-state index in [1.54, 1.807) is 12.1 Å². The molecule has 1 aromatic heterocycles. The average Bonchev–Trinajstić information content (AvgIpc) is 2.54. The maximum Gasteiger partial charge on any atom is 0.417 e. The molecule has 0 spiro atoms. The number of benzene rings is 1. The predicted octanol–water partition coefficient (Wildman–Crippen LogP) is 2.40. The molecule has 1 saturated carbocycles. The fraction of sp³-hybridized carbons (Fsp3) is 0.526. The van der Waals surface area contributed by atoms with Gasteiger partial charge in [-0.2, -0.15) is 18.3 Å². The largest absolute Gasteiger partial charge is 0.417 e. The summed E-state index contributed by atoms with van der Waals surface area (Å²) in [5.41, 5.74) is -1.55. The molecule has 1 heterocycles. The zero-order valence-electron chi connectivity index (χ0n) is 15.8. The summed E-state index contributed by atoms with van der Waals surface area (Å²) in [5.74, 6) is -0.613. The molecule has 28 heavy (non-hydrogen) atoms. The first-order chi connectivity index (χ1) is 12.9.